The van der Waals surface area contributed by atoms with E-state index in [9.17, 15) is 9.59 Å². The fourth-order valence-corrected chi connectivity index (χ4v) is 3.61. The molecule has 30 heavy (non-hydrogen) atoms. The van der Waals surface area contributed by atoms with E-state index in [0.717, 1.165) is 17.1 Å². The molecule has 7 nitrogen and oxygen atoms in total. The maximum atomic E-state index is 12.6. The smallest absolute Gasteiger partial charge is 0.311 e. The molecule has 0 aliphatic carbocycles. The monoisotopic (exact) mass is 425 g/mol. The molecule has 0 aromatic heterocycles. The first-order valence-electron chi connectivity index (χ1n) is 9.32. The standard InChI is InChI=1S/C22H23N3O4S/c1-14(22(27)24-15-8-10-17(28-2)11-9-15)30-20-12-16(13-21(26)29-3)23-18-6-4-5-7-19(18)25-20/h4-12,14,23H,13H2,1-3H3,(H,24,27). The quantitative estimate of drug-likeness (QED) is 0.669. The summed E-state index contributed by atoms with van der Waals surface area (Å²) in [7, 11) is 2.94. The average Bonchev–Trinajstić information content (AvgIpc) is 2.92. The van der Waals surface area contributed by atoms with Gasteiger partial charge in [0.05, 0.1) is 42.3 Å². The Balaban J connectivity index is 1.75. The first-order chi connectivity index (χ1) is 14.5. The van der Waals surface area contributed by atoms with Gasteiger partial charge >= 0.3 is 5.97 Å². The van der Waals surface area contributed by atoms with Gasteiger partial charge in [-0.3, -0.25) is 9.59 Å². The van der Waals surface area contributed by atoms with Crippen LogP contribution in [0, 0.1) is 0 Å². The lowest BCUT2D eigenvalue weighted by atomic mass is 10.2. The van der Waals surface area contributed by atoms with Crippen LogP contribution in [0.25, 0.3) is 0 Å². The second-order valence-electron chi connectivity index (χ2n) is 6.49. The van der Waals surface area contributed by atoms with Crippen LogP contribution in [0.15, 0.2) is 65.3 Å². The number of nitrogens with zero attached hydrogens (tertiary/aromatic N) is 1. The predicted molar refractivity (Wildman–Crippen MR) is 121 cm³/mol. The highest BCUT2D eigenvalue weighted by Crippen LogP contribution is 2.32. The molecule has 0 radical (unpaired) electrons. The lowest BCUT2D eigenvalue weighted by Crippen LogP contribution is -2.23. The van der Waals surface area contributed by atoms with Crippen molar-refractivity contribution in [3.8, 4) is 5.75 Å². The van der Waals surface area contributed by atoms with Gasteiger partial charge in [-0.2, -0.15) is 0 Å². The molecule has 2 aromatic carbocycles. The zero-order valence-corrected chi connectivity index (χ0v) is 17.8. The number of nitrogens with one attached hydrogen (secondary N) is 2. The summed E-state index contributed by atoms with van der Waals surface area (Å²) in [5, 5.41) is 6.33. The number of hydrogen-bond acceptors (Lipinski definition) is 7. The molecule has 0 saturated carbocycles. The third kappa shape index (κ3) is 5.64. The van der Waals surface area contributed by atoms with Gasteiger partial charge in [-0.05, 0) is 49.4 Å². The van der Waals surface area contributed by atoms with E-state index in [-0.39, 0.29) is 18.3 Å². The molecule has 1 amide bonds. The van der Waals surface area contributed by atoms with Gasteiger partial charge in [0.2, 0.25) is 5.91 Å². The first kappa shape index (κ1) is 21.4. The highest BCUT2D eigenvalue weighted by molar-refractivity contribution is 8.15. The third-order valence-electron chi connectivity index (χ3n) is 4.31. The second kappa shape index (κ2) is 9.98. The number of fused-ring (bicyclic) bond motifs is 1. The van der Waals surface area contributed by atoms with Gasteiger partial charge in [0, 0.05) is 11.4 Å². The summed E-state index contributed by atoms with van der Waals surface area (Å²) in [4.78, 5) is 29.1. The number of thioether (sulfide) groups is 1. The van der Waals surface area contributed by atoms with Crippen LogP contribution in [-0.4, -0.2) is 36.4 Å². The zero-order valence-electron chi connectivity index (χ0n) is 17.0. The van der Waals surface area contributed by atoms with Crippen LogP contribution < -0.4 is 15.4 Å². The van der Waals surface area contributed by atoms with Crippen LogP contribution in [0.1, 0.15) is 13.3 Å². The van der Waals surface area contributed by atoms with Crippen molar-refractivity contribution in [3.63, 3.8) is 0 Å². The van der Waals surface area contributed by atoms with Crippen molar-refractivity contribution in [2.75, 3.05) is 24.9 Å². The number of ether oxygens (including phenoxy) is 2. The SMILES string of the molecule is COC(=O)CC1=CC(SC(C)C(=O)Nc2ccc(OC)cc2)=Nc2ccccc2N1. The number of esters is 1. The summed E-state index contributed by atoms with van der Waals surface area (Å²) >= 11 is 1.32. The molecule has 0 spiro atoms. The normalized spacial score (nSPS) is 13.6. The molecule has 1 aliphatic rings. The minimum atomic E-state index is -0.410. The molecular formula is C22H23N3O4S. The van der Waals surface area contributed by atoms with Crippen LogP contribution >= 0.6 is 11.8 Å². The Morgan fingerprint density at radius 3 is 2.57 bits per heavy atom. The minimum Gasteiger partial charge on any atom is -0.497 e. The molecule has 0 saturated heterocycles. The summed E-state index contributed by atoms with van der Waals surface area (Å²) in [6.45, 7) is 1.81. The number of methoxy groups -OCH3 is 2. The Hall–Kier alpha value is -3.26. The highest BCUT2D eigenvalue weighted by atomic mass is 32.2. The molecule has 1 unspecified atom stereocenters. The molecule has 1 atom stereocenters. The molecule has 0 fully saturated rings. The predicted octanol–water partition coefficient (Wildman–Crippen LogP) is 4.36. The van der Waals surface area contributed by atoms with Crippen molar-refractivity contribution >= 4 is 45.7 Å². The molecule has 2 aromatic rings. The first-order valence-corrected chi connectivity index (χ1v) is 10.2. The van der Waals surface area contributed by atoms with Crippen LogP contribution in [0.2, 0.25) is 0 Å². The summed E-state index contributed by atoms with van der Waals surface area (Å²) in [5.41, 5.74) is 2.86. The van der Waals surface area contributed by atoms with Gasteiger partial charge in [-0.1, -0.05) is 23.9 Å². The number of carbonyl (C=O) groups is 2. The summed E-state index contributed by atoms with van der Waals surface area (Å²) in [5.74, 6) is 0.210. The van der Waals surface area contributed by atoms with Crippen molar-refractivity contribution in [1.82, 2.24) is 0 Å². The number of anilines is 2. The summed E-state index contributed by atoms with van der Waals surface area (Å²) in [6.07, 6.45) is 1.86. The lowest BCUT2D eigenvalue weighted by Gasteiger charge is -2.12. The highest BCUT2D eigenvalue weighted by Gasteiger charge is 2.20. The second-order valence-corrected chi connectivity index (χ2v) is 7.85. The number of carbonyl (C=O) groups excluding carboxylic acids is 2. The molecule has 3 rings (SSSR count). The van der Waals surface area contributed by atoms with E-state index in [0.29, 0.717) is 16.4 Å². The van der Waals surface area contributed by atoms with Crippen molar-refractivity contribution in [3.05, 3.63) is 60.3 Å². The zero-order chi connectivity index (χ0) is 21.5. The van der Waals surface area contributed by atoms with Crippen molar-refractivity contribution in [2.24, 2.45) is 4.99 Å². The van der Waals surface area contributed by atoms with Gasteiger partial charge < -0.3 is 20.1 Å². The van der Waals surface area contributed by atoms with Crippen LogP contribution in [-0.2, 0) is 14.3 Å². The van der Waals surface area contributed by atoms with Gasteiger partial charge in [0.15, 0.2) is 0 Å². The average molecular weight is 426 g/mol. The molecule has 156 valence electrons. The fraction of sp³-hybridized carbons (Fsp3) is 0.227. The molecule has 1 aliphatic heterocycles. The number of benzene rings is 2. The maximum absolute atomic E-state index is 12.6. The number of hydrogen-bond donors (Lipinski definition) is 2. The molecule has 2 N–H and O–H groups in total. The molecule has 1 heterocycles. The number of amides is 1. The topological polar surface area (TPSA) is 89.0 Å². The summed E-state index contributed by atoms with van der Waals surface area (Å²) in [6, 6.07) is 14.7. The number of para-hydroxylation sites is 2. The van der Waals surface area contributed by atoms with E-state index in [4.69, 9.17) is 9.47 Å². The van der Waals surface area contributed by atoms with E-state index in [2.05, 4.69) is 15.6 Å². The van der Waals surface area contributed by atoms with Crippen LogP contribution in [0.4, 0.5) is 17.1 Å². The van der Waals surface area contributed by atoms with Gasteiger partial charge in [0.1, 0.15) is 5.75 Å². The Morgan fingerprint density at radius 2 is 1.87 bits per heavy atom. The van der Waals surface area contributed by atoms with E-state index < -0.39 is 5.25 Å². The molecular weight excluding hydrogens is 402 g/mol. The van der Waals surface area contributed by atoms with E-state index in [1.54, 1.807) is 37.5 Å². The minimum absolute atomic E-state index is 0.0802. The Labute approximate surface area is 179 Å². The van der Waals surface area contributed by atoms with E-state index >= 15 is 0 Å². The van der Waals surface area contributed by atoms with Crippen LogP contribution in [0.3, 0.4) is 0 Å². The number of rotatable bonds is 6. The third-order valence-corrected chi connectivity index (χ3v) is 5.33. The van der Waals surface area contributed by atoms with Crippen LogP contribution in [0.5, 0.6) is 5.75 Å². The van der Waals surface area contributed by atoms with Crippen molar-refractivity contribution in [2.45, 2.75) is 18.6 Å². The number of aliphatic imine (C=N–C) groups is 1. The van der Waals surface area contributed by atoms with Gasteiger partial charge in [-0.25, -0.2) is 4.99 Å². The Morgan fingerprint density at radius 1 is 1.13 bits per heavy atom. The largest absolute Gasteiger partial charge is 0.497 e. The van der Waals surface area contributed by atoms with E-state index in [1.165, 1.54) is 18.9 Å². The van der Waals surface area contributed by atoms with Crippen molar-refractivity contribution < 1.29 is 19.1 Å². The Bertz CT molecular complexity index is 986. The van der Waals surface area contributed by atoms with Crippen molar-refractivity contribution in [1.29, 1.82) is 0 Å². The maximum Gasteiger partial charge on any atom is 0.311 e. The summed E-state index contributed by atoms with van der Waals surface area (Å²) < 4.78 is 9.91. The molecule has 8 heteroatoms. The van der Waals surface area contributed by atoms with Gasteiger partial charge in [-0.15, -0.1) is 0 Å². The molecule has 0 bridgehead atoms. The van der Waals surface area contributed by atoms with Gasteiger partial charge in [0.25, 0.3) is 0 Å². The van der Waals surface area contributed by atoms with E-state index in [1.807, 2.05) is 31.2 Å². The fourth-order valence-electron chi connectivity index (χ4n) is 2.72. The Kier molecular flexibility index (Phi) is 7.13. The lowest BCUT2D eigenvalue weighted by molar-refractivity contribution is -0.139.